The number of thiol groups is 1. The van der Waals surface area contributed by atoms with Gasteiger partial charge >= 0.3 is 14.6 Å². The smallest absolute Gasteiger partial charge is 0.396 e. The van der Waals surface area contributed by atoms with Crippen molar-refractivity contribution < 1.29 is 51.1 Å². The highest BCUT2D eigenvalue weighted by molar-refractivity contribution is 8.44. The molecule has 0 saturated carbocycles. The van der Waals surface area contributed by atoms with E-state index in [0.717, 1.165) is 17.9 Å². The quantitative estimate of drug-likeness (QED) is 0.148. The van der Waals surface area contributed by atoms with E-state index in [1.807, 2.05) is 0 Å². The third-order valence-corrected chi connectivity index (χ3v) is 11.2. The summed E-state index contributed by atoms with van der Waals surface area (Å²) in [4.78, 5) is 42.5. The lowest BCUT2D eigenvalue weighted by Crippen LogP contribution is -2.33. The van der Waals surface area contributed by atoms with Crippen LogP contribution in [0.4, 0.5) is 10.2 Å². The van der Waals surface area contributed by atoms with Gasteiger partial charge in [0.2, 0.25) is 0 Å². The van der Waals surface area contributed by atoms with Crippen molar-refractivity contribution in [3.63, 3.8) is 0 Å². The molecule has 0 aromatic carbocycles. The average Bonchev–Trinajstić information content (AvgIpc) is 3.75. The van der Waals surface area contributed by atoms with Crippen LogP contribution in [0.5, 0.6) is 0 Å². The number of aromatic amines is 1. The van der Waals surface area contributed by atoms with E-state index < -0.39 is 88.8 Å². The van der Waals surface area contributed by atoms with Crippen LogP contribution in [0.1, 0.15) is 23.0 Å². The highest BCUT2D eigenvalue weighted by atomic mass is 32.7. The Morgan fingerprint density at radius 3 is 2.70 bits per heavy atom. The monoisotopic (exact) mass is 722 g/mol. The topological polar surface area (TPSA) is 258 Å². The van der Waals surface area contributed by atoms with E-state index in [0.29, 0.717) is 0 Å². The van der Waals surface area contributed by atoms with E-state index in [1.54, 1.807) is 6.92 Å². The Labute approximate surface area is 266 Å². The molecule has 248 valence electrons. The SMILES string of the molecule is Cc1nc2c([C@@H]3O[C@@H]4CO[P@@](=O)(S)O[C@H]5[C@@H](F)[C@H](n6cnc7c(N)ncnc76)O[C@@H]5COP(=O)(O)O[C@@H]3[C@@H]4CO)snc2c(=O)[nH]1. The number of hydrogen-bond acceptors (Lipinski definition) is 17. The van der Waals surface area contributed by atoms with Crippen molar-refractivity contribution in [2.24, 2.45) is 5.92 Å². The number of aromatic nitrogens is 7. The molecular weight excluding hydrogens is 697 g/mol. The molecule has 0 radical (unpaired) electrons. The number of imidazole rings is 1. The van der Waals surface area contributed by atoms with Crippen molar-refractivity contribution in [1.29, 1.82) is 0 Å². The molecular formula is C22H25FN8O11P2S2. The van der Waals surface area contributed by atoms with E-state index in [2.05, 4.69) is 41.5 Å². The summed E-state index contributed by atoms with van der Waals surface area (Å²) in [7, 11) is -5.03. The number of nitrogen functional groups attached to an aromatic ring is 1. The van der Waals surface area contributed by atoms with Crippen molar-refractivity contribution in [2.45, 2.75) is 49.8 Å². The second kappa shape index (κ2) is 11.9. The Morgan fingerprint density at radius 2 is 1.91 bits per heavy atom. The van der Waals surface area contributed by atoms with Gasteiger partial charge in [-0.3, -0.25) is 27.5 Å². The minimum atomic E-state index is -5.03. The van der Waals surface area contributed by atoms with Crippen LogP contribution in [-0.2, 0) is 36.7 Å². The lowest BCUT2D eigenvalue weighted by Gasteiger charge is -2.25. The zero-order valence-electron chi connectivity index (χ0n) is 23.4. The van der Waals surface area contributed by atoms with Crippen LogP contribution >= 0.6 is 38.4 Å². The molecule has 3 aliphatic heterocycles. The van der Waals surface area contributed by atoms with Crippen LogP contribution in [0.2, 0.25) is 0 Å². The zero-order chi connectivity index (χ0) is 32.5. The number of fused-ring (bicyclic) bond motifs is 5. The second-order valence-corrected chi connectivity index (χ2v) is 15.7. The minimum Gasteiger partial charge on any atom is -0.396 e. The molecule has 24 heteroatoms. The summed E-state index contributed by atoms with van der Waals surface area (Å²) < 4.78 is 82.0. The van der Waals surface area contributed by atoms with Gasteiger partial charge in [0.15, 0.2) is 29.4 Å². The standard InChI is InChI=1S/C22H25FN8O11P2S2/c1-7-28-12-13(21(33)29-7)30-46-18(12)17-15-8(2-32)9(39-17)3-38-44(36,45)42-16-10(4-37-43(34,35)41-15)40-22(11(16)23)31-6-27-14-19(24)25-5-26-20(14)31/h5-6,8-11,15-17,22,32H,2-4H2,1H3,(H,34,35)(H,36,45)(H2,24,25,26)(H,28,29,33)/t8-,9-,10-,11-,15-,16-,17-,22-,44-/m1/s1. The van der Waals surface area contributed by atoms with Gasteiger partial charge in [0.25, 0.3) is 5.56 Å². The largest absolute Gasteiger partial charge is 0.472 e. The van der Waals surface area contributed by atoms with E-state index >= 15 is 4.39 Å². The number of aryl methyl sites for hydroxylation is 1. The van der Waals surface area contributed by atoms with Crippen molar-refractivity contribution in [1.82, 2.24) is 33.9 Å². The van der Waals surface area contributed by atoms with Gasteiger partial charge in [-0.15, -0.1) is 0 Å². The Bertz CT molecular complexity index is 1970. The molecule has 2 bridgehead atoms. The number of halogens is 1. The molecule has 4 aromatic rings. The number of H-pyrrole nitrogens is 1. The summed E-state index contributed by atoms with van der Waals surface area (Å²) in [6, 6.07) is 0. The summed E-state index contributed by atoms with van der Waals surface area (Å²) in [6.07, 6.45) is -8.07. The zero-order valence-corrected chi connectivity index (χ0v) is 26.9. The molecule has 0 spiro atoms. The van der Waals surface area contributed by atoms with Crippen molar-refractivity contribution in [3.05, 3.63) is 33.7 Å². The maximum Gasteiger partial charge on any atom is 0.472 e. The molecule has 19 nitrogen and oxygen atoms in total. The van der Waals surface area contributed by atoms with E-state index in [1.165, 1.54) is 10.9 Å². The first-order valence-electron chi connectivity index (χ1n) is 13.5. The number of phosphoric ester groups is 1. The predicted molar refractivity (Wildman–Crippen MR) is 158 cm³/mol. The number of rotatable bonds is 3. The maximum absolute atomic E-state index is 16.0. The van der Waals surface area contributed by atoms with Gasteiger partial charge in [-0.2, -0.15) is 4.37 Å². The molecule has 5 N–H and O–H groups in total. The molecule has 10 atom stereocenters. The highest BCUT2D eigenvalue weighted by Crippen LogP contribution is 2.59. The molecule has 7 rings (SSSR count). The minimum absolute atomic E-state index is 0.00105. The lowest BCUT2D eigenvalue weighted by atomic mass is 9.96. The summed E-state index contributed by atoms with van der Waals surface area (Å²) in [6.45, 7) is -4.83. The molecule has 1 unspecified atom stereocenters. The van der Waals surface area contributed by atoms with Crippen LogP contribution in [0.25, 0.3) is 22.2 Å². The third-order valence-electron chi connectivity index (χ3n) is 7.71. The number of nitrogens with one attached hydrogen (secondary N) is 1. The Hall–Kier alpha value is -2.46. The van der Waals surface area contributed by atoms with Gasteiger partial charge in [-0.1, -0.05) is 12.2 Å². The Morgan fingerprint density at radius 1 is 1.13 bits per heavy atom. The average molecular weight is 723 g/mol. The summed E-state index contributed by atoms with van der Waals surface area (Å²) in [5.74, 6) is -0.748. The maximum atomic E-state index is 16.0. The number of aliphatic hydroxyl groups excluding tert-OH is 1. The van der Waals surface area contributed by atoms with Gasteiger partial charge < -0.3 is 30.2 Å². The fourth-order valence-corrected chi connectivity index (χ4v) is 8.96. The first kappa shape index (κ1) is 32.1. The number of ether oxygens (including phenoxy) is 2. The van der Waals surface area contributed by atoms with Crippen molar-refractivity contribution in [2.75, 3.05) is 25.6 Å². The van der Waals surface area contributed by atoms with E-state index in [-0.39, 0.29) is 38.7 Å². The molecule has 7 heterocycles. The number of hydrogen-bond donors (Lipinski definition) is 5. The Kier molecular flexibility index (Phi) is 8.31. The molecule has 3 saturated heterocycles. The first-order chi connectivity index (χ1) is 21.9. The van der Waals surface area contributed by atoms with Gasteiger partial charge in [0.05, 0.1) is 37.1 Å². The summed E-state index contributed by atoms with van der Waals surface area (Å²) >= 11 is 4.87. The van der Waals surface area contributed by atoms with Gasteiger partial charge in [-0.05, 0) is 18.5 Å². The fraction of sp³-hybridized carbons (Fsp3) is 0.545. The number of alkyl halides is 1. The summed E-state index contributed by atoms with van der Waals surface area (Å²) in [5.41, 5.74) is 5.77. The molecule has 0 aliphatic carbocycles. The van der Waals surface area contributed by atoms with Crippen LogP contribution in [-0.4, -0.2) is 94.3 Å². The summed E-state index contributed by atoms with van der Waals surface area (Å²) in [5, 5.41) is 10.3. The second-order valence-electron chi connectivity index (χ2n) is 10.6. The molecule has 3 fully saturated rings. The lowest BCUT2D eigenvalue weighted by molar-refractivity contribution is -0.0512. The van der Waals surface area contributed by atoms with Gasteiger partial charge in [-0.25, -0.2) is 33.5 Å². The number of phosphoric acid groups is 1. The van der Waals surface area contributed by atoms with Crippen LogP contribution < -0.4 is 11.3 Å². The van der Waals surface area contributed by atoms with Crippen molar-refractivity contribution in [3.8, 4) is 0 Å². The molecule has 3 aliphatic rings. The molecule has 46 heavy (non-hydrogen) atoms. The molecule has 0 amide bonds. The highest BCUT2D eigenvalue weighted by Gasteiger charge is 2.54. The van der Waals surface area contributed by atoms with Crippen LogP contribution in [0.3, 0.4) is 0 Å². The van der Waals surface area contributed by atoms with Gasteiger partial charge in [0.1, 0.15) is 47.6 Å². The van der Waals surface area contributed by atoms with Crippen LogP contribution in [0, 0.1) is 12.8 Å². The Balaban J connectivity index is 1.22. The number of nitrogens with two attached hydrogens (primary N) is 1. The number of anilines is 1. The van der Waals surface area contributed by atoms with Crippen LogP contribution in [0.15, 0.2) is 17.4 Å². The number of aliphatic hydroxyl groups is 1. The van der Waals surface area contributed by atoms with E-state index in [9.17, 15) is 23.9 Å². The van der Waals surface area contributed by atoms with Crippen molar-refractivity contribution >= 4 is 66.4 Å². The van der Waals surface area contributed by atoms with E-state index in [4.69, 9.17) is 33.3 Å². The normalized spacial score (nSPS) is 37.2. The third kappa shape index (κ3) is 5.69. The predicted octanol–water partition coefficient (Wildman–Crippen LogP) is 1.35. The first-order valence-corrected chi connectivity index (χ1v) is 18.5. The fourth-order valence-electron chi connectivity index (χ4n) is 5.63. The molecule has 4 aromatic heterocycles. The number of nitrogens with zero attached hydrogens (tertiary/aromatic N) is 6. The van der Waals surface area contributed by atoms with Gasteiger partial charge in [0, 0.05) is 5.92 Å².